The first-order valence-corrected chi connectivity index (χ1v) is 11.5. The molecule has 0 radical (unpaired) electrons. The summed E-state index contributed by atoms with van der Waals surface area (Å²) >= 11 is 0. The predicted octanol–water partition coefficient (Wildman–Crippen LogP) is 8.30. The van der Waals surface area contributed by atoms with E-state index in [9.17, 15) is 0 Å². The molecule has 26 heavy (non-hydrogen) atoms. The molecule has 0 unspecified atom stereocenters. The minimum atomic E-state index is 0.303. The summed E-state index contributed by atoms with van der Waals surface area (Å²) in [5, 5.41) is 8.68. The highest BCUT2D eigenvalue weighted by Gasteiger charge is 1.91. The molecule has 1 heteroatoms. The molecule has 0 rings (SSSR count). The van der Waals surface area contributed by atoms with Gasteiger partial charge in [0.2, 0.25) is 0 Å². The van der Waals surface area contributed by atoms with Crippen LogP contribution in [0.2, 0.25) is 0 Å². The van der Waals surface area contributed by atoms with Gasteiger partial charge in [-0.15, -0.1) is 0 Å². The molecular formula is C25H46O. The summed E-state index contributed by atoms with van der Waals surface area (Å²) in [5.41, 5.74) is 0. The molecule has 0 saturated carbocycles. The smallest absolute Gasteiger partial charge is 0.0433 e. The summed E-state index contributed by atoms with van der Waals surface area (Å²) in [6.45, 7) is 2.59. The van der Waals surface area contributed by atoms with E-state index < -0.39 is 0 Å². The van der Waals surface area contributed by atoms with Crippen molar-refractivity contribution in [1.82, 2.24) is 0 Å². The van der Waals surface area contributed by atoms with Crippen molar-refractivity contribution in [2.75, 3.05) is 6.61 Å². The minimum absolute atomic E-state index is 0.303. The number of hydrogen-bond acceptors (Lipinski definition) is 1. The monoisotopic (exact) mass is 362 g/mol. The summed E-state index contributed by atoms with van der Waals surface area (Å²) < 4.78 is 0. The van der Waals surface area contributed by atoms with Gasteiger partial charge in [-0.05, 0) is 51.4 Å². The maximum absolute atomic E-state index is 8.68. The third-order valence-electron chi connectivity index (χ3n) is 4.75. The molecule has 0 heterocycles. The maximum atomic E-state index is 8.68. The van der Waals surface area contributed by atoms with Crippen molar-refractivity contribution in [3.05, 3.63) is 36.5 Å². The van der Waals surface area contributed by atoms with Crippen molar-refractivity contribution >= 4 is 0 Å². The first kappa shape index (κ1) is 25.2. The van der Waals surface area contributed by atoms with Crippen LogP contribution in [0.1, 0.15) is 116 Å². The summed E-state index contributed by atoms with van der Waals surface area (Å²) in [4.78, 5) is 0. The summed E-state index contributed by atoms with van der Waals surface area (Å²) in [5.74, 6) is 0. The lowest BCUT2D eigenvalue weighted by atomic mass is 10.1. The molecule has 0 aliphatic heterocycles. The topological polar surface area (TPSA) is 20.2 Å². The van der Waals surface area contributed by atoms with E-state index in [4.69, 9.17) is 5.11 Å². The van der Waals surface area contributed by atoms with Crippen LogP contribution in [0.4, 0.5) is 0 Å². The molecule has 0 atom stereocenters. The molecule has 0 aromatic carbocycles. The first-order valence-electron chi connectivity index (χ1n) is 11.5. The molecule has 0 saturated heterocycles. The Morgan fingerprint density at radius 1 is 0.423 bits per heavy atom. The van der Waals surface area contributed by atoms with Gasteiger partial charge in [-0.1, -0.05) is 101 Å². The lowest BCUT2D eigenvalue weighted by Gasteiger charge is -2.01. The third-order valence-corrected chi connectivity index (χ3v) is 4.75. The zero-order valence-electron chi connectivity index (χ0n) is 17.6. The molecule has 0 aromatic rings. The van der Waals surface area contributed by atoms with Crippen molar-refractivity contribution in [3.8, 4) is 0 Å². The predicted molar refractivity (Wildman–Crippen MR) is 119 cm³/mol. The molecule has 0 aromatic heterocycles. The first-order chi connectivity index (χ1) is 12.9. The fourth-order valence-electron chi connectivity index (χ4n) is 3.05. The summed E-state index contributed by atoms with van der Waals surface area (Å²) in [6.07, 6.45) is 35.7. The second kappa shape index (κ2) is 24.2. The van der Waals surface area contributed by atoms with Crippen molar-refractivity contribution in [2.45, 2.75) is 116 Å². The van der Waals surface area contributed by atoms with Crippen LogP contribution in [0.25, 0.3) is 0 Å². The minimum Gasteiger partial charge on any atom is -0.396 e. The summed E-state index contributed by atoms with van der Waals surface area (Å²) in [6, 6.07) is 0. The molecule has 1 N–H and O–H groups in total. The fourth-order valence-corrected chi connectivity index (χ4v) is 3.05. The van der Waals surface area contributed by atoms with Gasteiger partial charge in [0.25, 0.3) is 0 Å². The van der Waals surface area contributed by atoms with Gasteiger partial charge in [0.05, 0.1) is 0 Å². The Morgan fingerprint density at radius 3 is 1.19 bits per heavy atom. The number of aliphatic hydroxyl groups is 1. The molecule has 1 nitrogen and oxygen atoms in total. The normalized spacial score (nSPS) is 12.2. The highest BCUT2D eigenvalue weighted by atomic mass is 16.2. The van der Waals surface area contributed by atoms with E-state index in [2.05, 4.69) is 43.4 Å². The second-order valence-electron chi connectivity index (χ2n) is 7.41. The van der Waals surface area contributed by atoms with Gasteiger partial charge in [0.15, 0.2) is 0 Å². The van der Waals surface area contributed by atoms with Crippen LogP contribution in [0, 0.1) is 0 Å². The molecule has 0 spiro atoms. The second-order valence-corrected chi connectivity index (χ2v) is 7.41. The van der Waals surface area contributed by atoms with Crippen molar-refractivity contribution in [1.29, 1.82) is 0 Å². The van der Waals surface area contributed by atoms with Crippen LogP contribution in [-0.2, 0) is 0 Å². The number of aliphatic hydroxyl groups excluding tert-OH is 1. The van der Waals surface area contributed by atoms with Crippen molar-refractivity contribution < 1.29 is 5.11 Å². The van der Waals surface area contributed by atoms with Gasteiger partial charge in [0.1, 0.15) is 0 Å². The molecule has 0 aliphatic carbocycles. The average molecular weight is 363 g/mol. The zero-order valence-corrected chi connectivity index (χ0v) is 17.6. The van der Waals surface area contributed by atoms with E-state index in [-0.39, 0.29) is 0 Å². The molecule has 0 amide bonds. The van der Waals surface area contributed by atoms with Gasteiger partial charge in [-0.25, -0.2) is 0 Å². The highest BCUT2D eigenvalue weighted by molar-refractivity contribution is 4.90. The van der Waals surface area contributed by atoms with Gasteiger partial charge >= 0.3 is 0 Å². The van der Waals surface area contributed by atoms with E-state index in [1.165, 1.54) is 83.5 Å². The Morgan fingerprint density at radius 2 is 0.769 bits per heavy atom. The van der Waals surface area contributed by atoms with E-state index >= 15 is 0 Å². The van der Waals surface area contributed by atoms with E-state index in [0.29, 0.717) is 6.61 Å². The number of unbranched alkanes of at least 4 members (excludes halogenated alkanes) is 13. The Balaban J connectivity index is 3.19. The fraction of sp³-hybridized carbons (Fsp3) is 0.760. The number of rotatable bonds is 20. The number of allylic oxidation sites excluding steroid dienone is 6. The van der Waals surface area contributed by atoms with Gasteiger partial charge in [-0.3, -0.25) is 0 Å². The van der Waals surface area contributed by atoms with Crippen LogP contribution in [0.5, 0.6) is 0 Å². The van der Waals surface area contributed by atoms with Gasteiger partial charge in [-0.2, -0.15) is 0 Å². The molecular weight excluding hydrogens is 316 g/mol. The zero-order chi connectivity index (χ0) is 19.0. The van der Waals surface area contributed by atoms with E-state index in [1.54, 1.807) is 0 Å². The quantitative estimate of drug-likeness (QED) is 0.170. The molecule has 152 valence electrons. The molecule has 0 aliphatic rings. The Labute approximate surface area is 164 Å². The van der Waals surface area contributed by atoms with E-state index in [1.807, 2.05) is 0 Å². The van der Waals surface area contributed by atoms with Crippen LogP contribution in [0.3, 0.4) is 0 Å². The van der Waals surface area contributed by atoms with Crippen molar-refractivity contribution in [2.24, 2.45) is 0 Å². The Kier molecular flexibility index (Phi) is 23.4. The third kappa shape index (κ3) is 23.2. The van der Waals surface area contributed by atoms with Crippen LogP contribution < -0.4 is 0 Å². The van der Waals surface area contributed by atoms with Crippen LogP contribution >= 0.6 is 0 Å². The van der Waals surface area contributed by atoms with Crippen LogP contribution in [-0.4, -0.2) is 11.7 Å². The molecule has 0 bridgehead atoms. The van der Waals surface area contributed by atoms with Gasteiger partial charge < -0.3 is 5.11 Å². The van der Waals surface area contributed by atoms with E-state index in [0.717, 1.165) is 25.7 Å². The number of hydrogen-bond donors (Lipinski definition) is 1. The summed E-state index contributed by atoms with van der Waals surface area (Å²) in [7, 11) is 0. The Bertz CT molecular complexity index is 327. The highest BCUT2D eigenvalue weighted by Crippen LogP contribution is 2.11. The maximum Gasteiger partial charge on any atom is 0.0433 e. The van der Waals surface area contributed by atoms with Crippen LogP contribution in [0.15, 0.2) is 36.5 Å². The van der Waals surface area contributed by atoms with Crippen molar-refractivity contribution in [3.63, 3.8) is 0 Å². The lowest BCUT2D eigenvalue weighted by Crippen LogP contribution is -1.81. The standard InChI is InChI=1S/C25H46O/c1-2-3-4-5-6-7-8-9-10-11-12-13-14-15-16-17-18-19-20-21-22-23-24-25-26/h13-14,17-18,21-22,26H,2-12,15-16,19-20,23-25H2,1H3/b14-13+,18-17+,22-21+. The average Bonchev–Trinajstić information content (AvgIpc) is 2.66. The molecule has 0 fully saturated rings. The largest absolute Gasteiger partial charge is 0.396 e. The SMILES string of the molecule is CCCCCCCCCCCC/C=C/CC/C=C/CC/C=C/CCCO. The lowest BCUT2D eigenvalue weighted by molar-refractivity contribution is 0.289. The van der Waals surface area contributed by atoms with Gasteiger partial charge in [0, 0.05) is 6.61 Å². The Hall–Kier alpha value is -0.820.